The summed E-state index contributed by atoms with van der Waals surface area (Å²) in [6.07, 6.45) is 8.65. The van der Waals surface area contributed by atoms with Gasteiger partial charge in [-0.15, -0.1) is 0 Å². The van der Waals surface area contributed by atoms with E-state index in [4.69, 9.17) is 4.74 Å². The van der Waals surface area contributed by atoms with Crippen molar-refractivity contribution in [1.29, 1.82) is 0 Å². The highest BCUT2D eigenvalue weighted by molar-refractivity contribution is 5.78. The van der Waals surface area contributed by atoms with Crippen molar-refractivity contribution in [2.75, 3.05) is 32.8 Å². The normalized spacial score (nSPS) is 21.6. The Labute approximate surface area is 158 Å². The number of ether oxygens (including phenoxy) is 1. The molecule has 2 saturated heterocycles. The molecule has 0 radical (unpaired) electrons. The maximum absolute atomic E-state index is 12.8. The number of nitrogens with zero attached hydrogens (tertiary/aromatic N) is 2. The van der Waals surface area contributed by atoms with E-state index in [0.717, 1.165) is 43.7 Å². The summed E-state index contributed by atoms with van der Waals surface area (Å²) in [5, 5.41) is 0. The molecule has 26 heavy (non-hydrogen) atoms. The first kappa shape index (κ1) is 19.2. The van der Waals surface area contributed by atoms with Crippen molar-refractivity contribution in [3.05, 3.63) is 29.3 Å². The van der Waals surface area contributed by atoms with Crippen molar-refractivity contribution >= 4 is 5.91 Å². The van der Waals surface area contributed by atoms with Gasteiger partial charge in [-0.25, -0.2) is 0 Å². The quantitative estimate of drug-likeness (QED) is 0.772. The number of likely N-dealkylation sites (tertiary alicyclic amines) is 2. The molecular formula is C22H34N2O2. The second-order valence-corrected chi connectivity index (χ2v) is 7.91. The van der Waals surface area contributed by atoms with Gasteiger partial charge in [0.1, 0.15) is 5.75 Å². The molecule has 0 spiro atoms. The van der Waals surface area contributed by atoms with Crippen LogP contribution >= 0.6 is 0 Å². The highest BCUT2D eigenvalue weighted by Gasteiger charge is 2.27. The molecule has 1 aromatic rings. The summed E-state index contributed by atoms with van der Waals surface area (Å²) in [5.41, 5.74) is 2.33. The van der Waals surface area contributed by atoms with Crippen LogP contribution in [0.5, 0.6) is 5.75 Å². The number of amides is 1. The summed E-state index contributed by atoms with van der Waals surface area (Å²) in [7, 11) is 0. The molecular weight excluding hydrogens is 324 g/mol. The average Bonchev–Trinajstić information content (AvgIpc) is 2.68. The predicted molar refractivity (Wildman–Crippen MR) is 106 cm³/mol. The molecule has 0 N–H and O–H groups in total. The predicted octanol–water partition coefficient (Wildman–Crippen LogP) is 3.94. The first-order valence-corrected chi connectivity index (χ1v) is 10.4. The first-order valence-electron chi connectivity index (χ1n) is 10.4. The minimum absolute atomic E-state index is 0.147. The Morgan fingerprint density at radius 3 is 2.65 bits per heavy atom. The van der Waals surface area contributed by atoms with E-state index in [1.807, 2.05) is 12.1 Å². The van der Waals surface area contributed by atoms with Crippen LogP contribution in [0.4, 0.5) is 0 Å². The highest BCUT2D eigenvalue weighted by Crippen LogP contribution is 2.23. The van der Waals surface area contributed by atoms with Gasteiger partial charge in [0.05, 0.1) is 0 Å². The second-order valence-electron chi connectivity index (χ2n) is 7.91. The van der Waals surface area contributed by atoms with Crippen molar-refractivity contribution < 1.29 is 9.53 Å². The van der Waals surface area contributed by atoms with Crippen LogP contribution in [0, 0.1) is 13.8 Å². The molecule has 1 atom stereocenters. The van der Waals surface area contributed by atoms with Crippen molar-refractivity contribution in [2.24, 2.45) is 0 Å². The summed E-state index contributed by atoms with van der Waals surface area (Å²) < 4.78 is 5.87. The molecule has 1 amide bonds. The maximum Gasteiger partial charge on any atom is 0.260 e. The van der Waals surface area contributed by atoms with Gasteiger partial charge in [0.2, 0.25) is 0 Å². The Bertz CT molecular complexity index is 596. The molecule has 2 aliphatic rings. The lowest BCUT2D eigenvalue weighted by atomic mass is 9.98. The molecule has 0 bridgehead atoms. The van der Waals surface area contributed by atoms with E-state index in [1.54, 1.807) is 0 Å². The van der Waals surface area contributed by atoms with Crippen molar-refractivity contribution in [3.63, 3.8) is 0 Å². The number of hydrogen-bond acceptors (Lipinski definition) is 3. The molecule has 2 aliphatic heterocycles. The third-order valence-electron chi connectivity index (χ3n) is 6.08. The minimum Gasteiger partial charge on any atom is -0.483 e. The van der Waals surface area contributed by atoms with Crippen molar-refractivity contribution in [1.82, 2.24) is 9.80 Å². The van der Waals surface area contributed by atoms with E-state index >= 15 is 0 Å². The second kappa shape index (κ2) is 9.40. The van der Waals surface area contributed by atoms with Gasteiger partial charge in [0, 0.05) is 19.1 Å². The Kier molecular flexibility index (Phi) is 6.95. The van der Waals surface area contributed by atoms with Crippen LogP contribution in [-0.2, 0) is 4.79 Å². The Morgan fingerprint density at radius 1 is 1.08 bits per heavy atom. The molecule has 0 saturated carbocycles. The fraction of sp³-hybridized carbons (Fsp3) is 0.682. The van der Waals surface area contributed by atoms with Crippen LogP contribution < -0.4 is 4.74 Å². The number of benzene rings is 1. The van der Waals surface area contributed by atoms with Gasteiger partial charge in [0.15, 0.2) is 6.61 Å². The number of piperidine rings is 2. The van der Waals surface area contributed by atoms with Crippen LogP contribution in [-0.4, -0.2) is 54.5 Å². The zero-order valence-corrected chi connectivity index (χ0v) is 16.5. The lowest BCUT2D eigenvalue weighted by molar-refractivity contribution is -0.137. The smallest absolute Gasteiger partial charge is 0.260 e. The van der Waals surface area contributed by atoms with E-state index < -0.39 is 0 Å². The fourth-order valence-corrected chi connectivity index (χ4v) is 4.25. The van der Waals surface area contributed by atoms with E-state index in [2.05, 4.69) is 29.7 Å². The highest BCUT2D eigenvalue weighted by atomic mass is 16.5. The summed E-state index contributed by atoms with van der Waals surface area (Å²) in [6.45, 7) is 8.77. The molecule has 2 heterocycles. The van der Waals surface area contributed by atoms with E-state index in [-0.39, 0.29) is 12.5 Å². The average molecular weight is 359 g/mol. The fourth-order valence-electron chi connectivity index (χ4n) is 4.25. The zero-order chi connectivity index (χ0) is 18.4. The van der Waals surface area contributed by atoms with Crippen LogP contribution in [0.2, 0.25) is 0 Å². The molecule has 4 heteroatoms. The number of carbonyl (C=O) groups excluding carboxylic acids is 1. The lowest BCUT2D eigenvalue weighted by Gasteiger charge is -2.37. The molecule has 0 aromatic heterocycles. The Balaban J connectivity index is 1.52. The van der Waals surface area contributed by atoms with E-state index in [0.29, 0.717) is 6.04 Å². The molecule has 2 fully saturated rings. The molecule has 0 aliphatic carbocycles. The standard InChI is InChI=1S/C22H34N2O2/c1-18-9-8-11-21(19(18)2)26-17-22(25)24-15-7-4-10-20(24)12-16-23-13-5-3-6-14-23/h8-9,11,20H,3-7,10,12-17H2,1-2H3. The van der Waals surface area contributed by atoms with E-state index in [1.165, 1.54) is 44.3 Å². The lowest BCUT2D eigenvalue weighted by Crippen LogP contribution is -2.47. The number of rotatable bonds is 6. The molecule has 4 nitrogen and oxygen atoms in total. The summed E-state index contributed by atoms with van der Waals surface area (Å²) in [5.74, 6) is 0.981. The van der Waals surface area contributed by atoms with Crippen molar-refractivity contribution in [2.45, 2.75) is 64.8 Å². The van der Waals surface area contributed by atoms with Gasteiger partial charge >= 0.3 is 0 Å². The van der Waals surface area contributed by atoms with Crippen LogP contribution in [0.1, 0.15) is 56.1 Å². The largest absolute Gasteiger partial charge is 0.483 e. The maximum atomic E-state index is 12.8. The van der Waals surface area contributed by atoms with Crippen LogP contribution in [0.25, 0.3) is 0 Å². The third kappa shape index (κ3) is 5.00. The van der Waals surface area contributed by atoms with Gasteiger partial charge in [-0.3, -0.25) is 4.79 Å². The van der Waals surface area contributed by atoms with E-state index in [9.17, 15) is 4.79 Å². The summed E-state index contributed by atoms with van der Waals surface area (Å²) in [6, 6.07) is 6.41. The zero-order valence-electron chi connectivity index (χ0n) is 16.5. The molecule has 144 valence electrons. The third-order valence-corrected chi connectivity index (χ3v) is 6.08. The number of aryl methyl sites for hydroxylation is 1. The van der Waals surface area contributed by atoms with Crippen LogP contribution in [0.3, 0.4) is 0 Å². The summed E-state index contributed by atoms with van der Waals surface area (Å²) >= 11 is 0. The number of hydrogen-bond donors (Lipinski definition) is 0. The Hall–Kier alpha value is -1.55. The topological polar surface area (TPSA) is 32.8 Å². The van der Waals surface area contributed by atoms with Gasteiger partial charge in [0.25, 0.3) is 5.91 Å². The van der Waals surface area contributed by atoms with Gasteiger partial charge < -0.3 is 14.5 Å². The minimum atomic E-state index is 0.147. The molecule has 3 rings (SSSR count). The van der Waals surface area contributed by atoms with Gasteiger partial charge in [-0.05, 0) is 82.7 Å². The molecule has 1 unspecified atom stereocenters. The van der Waals surface area contributed by atoms with Gasteiger partial charge in [-0.1, -0.05) is 18.6 Å². The first-order chi connectivity index (χ1) is 12.6. The van der Waals surface area contributed by atoms with Crippen LogP contribution in [0.15, 0.2) is 18.2 Å². The summed E-state index contributed by atoms with van der Waals surface area (Å²) in [4.78, 5) is 17.5. The van der Waals surface area contributed by atoms with Crippen molar-refractivity contribution in [3.8, 4) is 5.75 Å². The molecule has 1 aromatic carbocycles. The Morgan fingerprint density at radius 2 is 1.85 bits per heavy atom. The van der Waals surface area contributed by atoms with Gasteiger partial charge in [-0.2, -0.15) is 0 Å². The SMILES string of the molecule is Cc1cccc(OCC(=O)N2CCCCC2CCN2CCCCC2)c1C. The number of carbonyl (C=O) groups is 1. The monoisotopic (exact) mass is 358 g/mol.